The van der Waals surface area contributed by atoms with Gasteiger partial charge in [-0.2, -0.15) is 0 Å². The summed E-state index contributed by atoms with van der Waals surface area (Å²) < 4.78 is 0. The standard InChI is InChI=1S/C20H17NO/c1-6-12-21(13-7-1)22-15-20-18-10-4-2-8-16(18)14-17-9-3-5-11-19(17)20/h1-12,14H,13,15H2. The van der Waals surface area contributed by atoms with E-state index in [2.05, 4.69) is 60.7 Å². The summed E-state index contributed by atoms with van der Waals surface area (Å²) in [5, 5.41) is 6.91. The minimum Gasteiger partial charge on any atom is -0.269 e. The topological polar surface area (TPSA) is 12.5 Å². The highest BCUT2D eigenvalue weighted by molar-refractivity contribution is 6.02. The van der Waals surface area contributed by atoms with Crippen LogP contribution in [0.5, 0.6) is 0 Å². The van der Waals surface area contributed by atoms with Gasteiger partial charge < -0.3 is 0 Å². The largest absolute Gasteiger partial charge is 0.269 e. The van der Waals surface area contributed by atoms with Crippen LogP contribution in [-0.2, 0) is 11.4 Å². The number of benzene rings is 3. The lowest BCUT2D eigenvalue weighted by Gasteiger charge is -2.21. The van der Waals surface area contributed by atoms with E-state index >= 15 is 0 Å². The molecule has 1 heterocycles. The van der Waals surface area contributed by atoms with Gasteiger partial charge in [-0.25, -0.2) is 0 Å². The van der Waals surface area contributed by atoms with E-state index in [0.29, 0.717) is 6.61 Å². The maximum atomic E-state index is 5.98. The summed E-state index contributed by atoms with van der Waals surface area (Å²) in [5.74, 6) is 0. The molecule has 0 N–H and O–H groups in total. The summed E-state index contributed by atoms with van der Waals surface area (Å²) in [6.45, 7) is 1.36. The molecule has 108 valence electrons. The predicted molar refractivity (Wildman–Crippen MR) is 91.2 cm³/mol. The molecule has 2 nitrogen and oxygen atoms in total. The number of allylic oxidation sites excluding steroid dienone is 2. The Bertz CT molecular complexity index is 825. The number of hydrogen-bond donors (Lipinski definition) is 0. The van der Waals surface area contributed by atoms with Crippen LogP contribution in [0.15, 0.2) is 79.0 Å². The Labute approximate surface area is 129 Å². The Morgan fingerprint density at radius 2 is 1.55 bits per heavy atom. The van der Waals surface area contributed by atoms with Crippen molar-refractivity contribution in [3.05, 3.63) is 84.6 Å². The Morgan fingerprint density at radius 3 is 2.18 bits per heavy atom. The second-order valence-corrected chi connectivity index (χ2v) is 5.44. The lowest BCUT2D eigenvalue weighted by molar-refractivity contribution is -0.123. The van der Waals surface area contributed by atoms with Crippen molar-refractivity contribution in [2.24, 2.45) is 0 Å². The molecule has 0 amide bonds. The molecule has 3 aromatic rings. The normalized spacial score (nSPS) is 14.1. The Hall–Kier alpha value is -2.58. The first kappa shape index (κ1) is 13.1. The van der Waals surface area contributed by atoms with Gasteiger partial charge in [0.25, 0.3) is 0 Å². The van der Waals surface area contributed by atoms with Crippen LogP contribution >= 0.6 is 0 Å². The Morgan fingerprint density at radius 1 is 0.864 bits per heavy atom. The summed E-state index contributed by atoms with van der Waals surface area (Å²) in [4.78, 5) is 5.98. The van der Waals surface area contributed by atoms with Crippen molar-refractivity contribution in [3.8, 4) is 0 Å². The van der Waals surface area contributed by atoms with Gasteiger partial charge in [0.1, 0.15) is 6.61 Å². The van der Waals surface area contributed by atoms with E-state index < -0.39 is 0 Å². The van der Waals surface area contributed by atoms with Crippen LogP contribution in [0.25, 0.3) is 21.5 Å². The van der Waals surface area contributed by atoms with Gasteiger partial charge in [-0.3, -0.25) is 9.90 Å². The number of fused-ring (bicyclic) bond motifs is 2. The molecule has 3 aromatic carbocycles. The summed E-state index contributed by atoms with van der Waals surface area (Å²) in [6, 6.07) is 19.3. The highest BCUT2D eigenvalue weighted by Crippen LogP contribution is 2.29. The SMILES string of the molecule is C1=CCN(OCc2c3ccccc3cc3ccccc23)C=C1. The molecule has 1 aliphatic heterocycles. The lowest BCUT2D eigenvalue weighted by Crippen LogP contribution is -2.19. The lowest BCUT2D eigenvalue weighted by atomic mass is 9.97. The monoisotopic (exact) mass is 287 g/mol. The van der Waals surface area contributed by atoms with Gasteiger partial charge in [0.05, 0.1) is 6.54 Å². The maximum Gasteiger partial charge on any atom is 0.101 e. The third kappa shape index (κ3) is 2.38. The van der Waals surface area contributed by atoms with E-state index in [0.717, 1.165) is 6.54 Å². The zero-order valence-corrected chi connectivity index (χ0v) is 12.3. The third-order valence-electron chi connectivity index (χ3n) is 4.04. The average molecular weight is 287 g/mol. The summed E-state index contributed by atoms with van der Waals surface area (Å²) in [6.07, 6.45) is 8.08. The van der Waals surface area contributed by atoms with Crippen LogP contribution in [-0.4, -0.2) is 11.6 Å². The van der Waals surface area contributed by atoms with Gasteiger partial charge in [0.15, 0.2) is 0 Å². The van der Waals surface area contributed by atoms with Crippen molar-refractivity contribution in [2.45, 2.75) is 6.61 Å². The maximum absolute atomic E-state index is 5.98. The molecule has 0 spiro atoms. The first-order valence-electron chi connectivity index (χ1n) is 7.54. The second-order valence-electron chi connectivity index (χ2n) is 5.44. The van der Waals surface area contributed by atoms with Crippen molar-refractivity contribution < 1.29 is 4.84 Å². The summed E-state index contributed by atoms with van der Waals surface area (Å²) >= 11 is 0. The minimum atomic E-state index is 0.569. The van der Waals surface area contributed by atoms with Crippen LogP contribution < -0.4 is 0 Å². The molecule has 0 atom stereocenters. The smallest absolute Gasteiger partial charge is 0.101 e. The average Bonchev–Trinajstić information content (AvgIpc) is 2.59. The van der Waals surface area contributed by atoms with E-state index in [4.69, 9.17) is 4.84 Å². The highest BCUT2D eigenvalue weighted by atomic mass is 16.7. The molecule has 4 rings (SSSR count). The van der Waals surface area contributed by atoms with Crippen molar-refractivity contribution in [1.29, 1.82) is 0 Å². The molecular weight excluding hydrogens is 270 g/mol. The fourth-order valence-corrected chi connectivity index (χ4v) is 2.96. The van der Waals surface area contributed by atoms with Crippen molar-refractivity contribution >= 4 is 21.5 Å². The molecule has 0 aliphatic carbocycles. The van der Waals surface area contributed by atoms with Gasteiger partial charge in [0, 0.05) is 6.20 Å². The first-order valence-corrected chi connectivity index (χ1v) is 7.54. The molecule has 0 aromatic heterocycles. The second kappa shape index (κ2) is 5.66. The predicted octanol–water partition coefficient (Wildman–Crippen LogP) is 4.81. The molecule has 0 saturated carbocycles. The highest BCUT2D eigenvalue weighted by Gasteiger charge is 2.09. The first-order chi connectivity index (χ1) is 10.9. The van der Waals surface area contributed by atoms with E-state index in [9.17, 15) is 0 Å². The van der Waals surface area contributed by atoms with Crippen LogP contribution in [0.4, 0.5) is 0 Å². The molecule has 0 fully saturated rings. The zero-order chi connectivity index (χ0) is 14.8. The van der Waals surface area contributed by atoms with Crippen molar-refractivity contribution in [3.63, 3.8) is 0 Å². The van der Waals surface area contributed by atoms with Gasteiger partial charge >= 0.3 is 0 Å². The molecule has 1 aliphatic rings. The Kier molecular flexibility index (Phi) is 3.37. The van der Waals surface area contributed by atoms with Crippen LogP contribution in [0.3, 0.4) is 0 Å². The number of nitrogens with zero attached hydrogens (tertiary/aromatic N) is 1. The van der Waals surface area contributed by atoms with E-state index in [-0.39, 0.29) is 0 Å². The molecular formula is C20H17NO. The Balaban J connectivity index is 1.78. The van der Waals surface area contributed by atoms with Gasteiger partial charge in [-0.05, 0) is 39.3 Å². The summed E-state index contributed by atoms with van der Waals surface area (Å²) in [7, 11) is 0. The quantitative estimate of drug-likeness (QED) is 0.641. The molecule has 2 heteroatoms. The van der Waals surface area contributed by atoms with E-state index in [1.165, 1.54) is 27.1 Å². The molecule has 0 radical (unpaired) electrons. The fourth-order valence-electron chi connectivity index (χ4n) is 2.96. The van der Waals surface area contributed by atoms with Crippen LogP contribution in [0.2, 0.25) is 0 Å². The van der Waals surface area contributed by atoms with Crippen LogP contribution in [0.1, 0.15) is 5.56 Å². The van der Waals surface area contributed by atoms with Gasteiger partial charge in [-0.15, -0.1) is 0 Å². The molecule has 0 bridgehead atoms. The summed E-state index contributed by atoms with van der Waals surface area (Å²) in [5.41, 5.74) is 1.25. The van der Waals surface area contributed by atoms with Crippen LogP contribution in [0, 0.1) is 0 Å². The van der Waals surface area contributed by atoms with Crippen molar-refractivity contribution in [1.82, 2.24) is 5.06 Å². The number of hydroxylamine groups is 2. The molecule has 0 unspecified atom stereocenters. The fraction of sp³-hybridized carbons (Fsp3) is 0.100. The van der Waals surface area contributed by atoms with Gasteiger partial charge in [0.2, 0.25) is 0 Å². The molecule has 22 heavy (non-hydrogen) atoms. The number of hydrogen-bond acceptors (Lipinski definition) is 2. The molecule has 0 saturated heterocycles. The van der Waals surface area contributed by atoms with Crippen molar-refractivity contribution in [2.75, 3.05) is 6.54 Å². The van der Waals surface area contributed by atoms with E-state index in [1.807, 2.05) is 23.4 Å². The van der Waals surface area contributed by atoms with Gasteiger partial charge in [-0.1, -0.05) is 60.7 Å². The number of rotatable bonds is 3. The third-order valence-corrected chi connectivity index (χ3v) is 4.04. The minimum absolute atomic E-state index is 0.569. The zero-order valence-electron chi connectivity index (χ0n) is 12.3. The van der Waals surface area contributed by atoms with E-state index in [1.54, 1.807) is 0 Å².